The molecule has 0 aliphatic carbocycles. The molecule has 0 amide bonds. The summed E-state index contributed by atoms with van der Waals surface area (Å²) in [5, 5.41) is 0. The second-order valence-electron chi connectivity index (χ2n) is 2.27. The number of carbonyl (C=O) groups excluding carboxylic acids is 1. The van der Waals surface area contributed by atoms with Gasteiger partial charge >= 0.3 is 0 Å². The average Bonchev–Trinajstić information content (AvgIpc) is 2.77. The van der Waals surface area contributed by atoms with Crippen molar-refractivity contribution in [1.82, 2.24) is 9.97 Å². The zero-order chi connectivity index (χ0) is 8.39. The summed E-state index contributed by atoms with van der Waals surface area (Å²) in [5.74, 6) is 0.136. The number of nitrogens with zero attached hydrogens (tertiary/aromatic N) is 1. The molecule has 0 radical (unpaired) electrons. The first-order chi connectivity index (χ1) is 5.88. The Hall–Kier alpha value is -1.84. The van der Waals surface area contributed by atoms with Crippen LogP contribution in [0.2, 0.25) is 0 Å². The molecule has 2 aromatic heterocycles. The number of rotatable bonds is 2. The van der Waals surface area contributed by atoms with Crippen LogP contribution in [0.1, 0.15) is 16.2 Å². The Morgan fingerprint density at radius 1 is 1.58 bits per heavy atom. The molecule has 2 rings (SSSR count). The Morgan fingerprint density at radius 3 is 3.08 bits per heavy atom. The van der Waals surface area contributed by atoms with E-state index in [-0.39, 0.29) is 5.78 Å². The molecule has 0 unspecified atom stereocenters. The first kappa shape index (κ1) is 6.84. The highest BCUT2D eigenvalue weighted by Crippen LogP contribution is 2.06. The first-order valence-electron chi connectivity index (χ1n) is 3.44. The minimum absolute atomic E-state index is 0.183. The van der Waals surface area contributed by atoms with E-state index in [1.54, 1.807) is 12.1 Å². The summed E-state index contributed by atoms with van der Waals surface area (Å²) in [6.07, 6.45) is 4.38. The molecule has 1 N–H and O–H groups in total. The summed E-state index contributed by atoms with van der Waals surface area (Å²) in [6, 6.07) is 3.28. The lowest BCUT2D eigenvalue weighted by Gasteiger charge is -1.89. The molecule has 60 valence electrons. The molecule has 0 atom stereocenters. The van der Waals surface area contributed by atoms with Crippen LogP contribution in [0.4, 0.5) is 0 Å². The van der Waals surface area contributed by atoms with E-state index in [1.807, 2.05) is 0 Å². The van der Waals surface area contributed by atoms with E-state index in [1.165, 1.54) is 18.8 Å². The molecule has 0 aliphatic heterocycles. The monoisotopic (exact) mass is 162 g/mol. The quantitative estimate of drug-likeness (QED) is 0.675. The number of H-pyrrole nitrogens is 1. The van der Waals surface area contributed by atoms with E-state index >= 15 is 0 Å². The number of furan rings is 1. The molecule has 4 nitrogen and oxygen atoms in total. The average molecular weight is 162 g/mol. The van der Waals surface area contributed by atoms with Crippen molar-refractivity contribution >= 4 is 5.78 Å². The van der Waals surface area contributed by atoms with Gasteiger partial charge in [-0.05, 0) is 12.1 Å². The summed E-state index contributed by atoms with van der Waals surface area (Å²) in [5.41, 5.74) is 0.435. The van der Waals surface area contributed by atoms with E-state index in [0.29, 0.717) is 11.5 Å². The summed E-state index contributed by atoms with van der Waals surface area (Å²) >= 11 is 0. The Kier molecular flexibility index (Phi) is 1.51. The molecule has 0 aliphatic rings. The SMILES string of the molecule is O=C(c1cnc[nH]1)c1ccco1. The van der Waals surface area contributed by atoms with E-state index in [2.05, 4.69) is 9.97 Å². The molecule has 0 saturated carbocycles. The van der Waals surface area contributed by atoms with E-state index in [4.69, 9.17) is 4.42 Å². The topological polar surface area (TPSA) is 58.9 Å². The van der Waals surface area contributed by atoms with Gasteiger partial charge in [0.1, 0.15) is 5.69 Å². The normalized spacial score (nSPS) is 10.0. The highest BCUT2D eigenvalue weighted by atomic mass is 16.3. The van der Waals surface area contributed by atoms with Gasteiger partial charge in [0, 0.05) is 0 Å². The zero-order valence-corrected chi connectivity index (χ0v) is 6.15. The number of hydrogen-bond donors (Lipinski definition) is 1. The van der Waals surface area contributed by atoms with Gasteiger partial charge in [-0.25, -0.2) is 4.98 Å². The van der Waals surface area contributed by atoms with Gasteiger partial charge in [-0.15, -0.1) is 0 Å². The molecule has 0 aromatic carbocycles. The highest BCUT2D eigenvalue weighted by molar-refractivity contribution is 6.05. The molecule has 0 fully saturated rings. The number of carbonyl (C=O) groups is 1. The minimum atomic E-state index is -0.183. The van der Waals surface area contributed by atoms with Crippen molar-refractivity contribution in [2.75, 3.05) is 0 Å². The van der Waals surface area contributed by atoms with E-state index < -0.39 is 0 Å². The fourth-order valence-corrected chi connectivity index (χ4v) is 0.921. The van der Waals surface area contributed by atoms with Crippen molar-refractivity contribution in [3.8, 4) is 0 Å². The molecule has 2 heterocycles. The Balaban J connectivity index is 2.34. The second-order valence-corrected chi connectivity index (χ2v) is 2.27. The van der Waals surface area contributed by atoms with Crippen molar-refractivity contribution in [2.45, 2.75) is 0 Å². The number of imidazole rings is 1. The van der Waals surface area contributed by atoms with Crippen LogP contribution in [-0.2, 0) is 0 Å². The van der Waals surface area contributed by atoms with Gasteiger partial charge in [0.2, 0.25) is 5.78 Å². The summed E-state index contributed by atoms with van der Waals surface area (Å²) in [6.45, 7) is 0. The Labute approximate surface area is 68.2 Å². The van der Waals surface area contributed by atoms with E-state index in [9.17, 15) is 4.79 Å². The Morgan fingerprint density at radius 2 is 2.50 bits per heavy atom. The molecular weight excluding hydrogens is 156 g/mol. The van der Waals surface area contributed by atoms with Gasteiger partial charge in [-0.1, -0.05) is 0 Å². The summed E-state index contributed by atoms with van der Waals surface area (Å²) in [4.78, 5) is 17.8. The molecule has 0 spiro atoms. The third-order valence-corrected chi connectivity index (χ3v) is 1.49. The fraction of sp³-hybridized carbons (Fsp3) is 0. The Bertz CT molecular complexity index is 325. The smallest absolute Gasteiger partial charge is 0.245 e. The summed E-state index contributed by atoms with van der Waals surface area (Å²) in [7, 11) is 0. The van der Waals surface area contributed by atoms with Crippen LogP contribution in [0, 0.1) is 0 Å². The maximum absolute atomic E-state index is 11.4. The molecule has 0 bridgehead atoms. The first-order valence-corrected chi connectivity index (χ1v) is 3.44. The maximum atomic E-state index is 11.4. The van der Waals surface area contributed by atoms with Crippen LogP contribution in [0.25, 0.3) is 0 Å². The predicted molar refractivity (Wildman–Crippen MR) is 40.7 cm³/mol. The van der Waals surface area contributed by atoms with Gasteiger partial charge < -0.3 is 9.40 Å². The summed E-state index contributed by atoms with van der Waals surface area (Å²) < 4.78 is 4.92. The largest absolute Gasteiger partial charge is 0.461 e. The highest BCUT2D eigenvalue weighted by Gasteiger charge is 2.11. The van der Waals surface area contributed by atoms with Gasteiger partial charge in [0.05, 0.1) is 18.8 Å². The molecular formula is C8H6N2O2. The van der Waals surface area contributed by atoms with Crippen LogP contribution in [0.15, 0.2) is 35.3 Å². The molecule has 4 heteroatoms. The molecule has 2 aromatic rings. The second kappa shape index (κ2) is 2.65. The van der Waals surface area contributed by atoms with E-state index in [0.717, 1.165) is 0 Å². The van der Waals surface area contributed by atoms with Crippen LogP contribution in [0.3, 0.4) is 0 Å². The van der Waals surface area contributed by atoms with Gasteiger partial charge in [0.25, 0.3) is 0 Å². The van der Waals surface area contributed by atoms with Crippen LogP contribution >= 0.6 is 0 Å². The van der Waals surface area contributed by atoms with Crippen molar-refractivity contribution in [1.29, 1.82) is 0 Å². The predicted octanol–water partition coefficient (Wildman–Crippen LogP) is 1.23. The van der Waals surface area contributed by atoms with Gasteiger partial charge in [-0.2, -0.15) is 0 Å². The molecule has 0 saturated heterocycles. The van der Waals surface area contributed by atoms with Crippen molar-refractivity contribution in [3.63, 3.8) is 0 Å². The van der Waals surface area contributed by atoms with Crippen molar-refractivity contribution in [3.05, 3.63) is 42.4 Å². The molecule has 12 heavy (non-hydrogen) atoms. The standard InChI is InChI=1S/C8H6N2O2/c11-8(6-4-9-5-10-6)7-2-1-3-12-7/h1-5H,(H,9,10). The van der Waals surface area contributed by atoms with Gasteiger partial charge in [-0.3, -0.25) is 4.79 Å². The van der Waals surface area contributed by atoms with Crippen LogP contribution in [0.5, 0.6) is 0 Å². The van der Waals surface area contributed by atoms with Crippen LogP contribution in [-0.4, -0.2) is 15.8 Å². The third-order valence-electron chi connectivity index (χ3n) is 1.49. The zero-order valence-electron chi connectivity index (χ0n) is 6.15. The fourth-order valence-electron chi connectivity index (χ4n) is 0.921. The number of aromatic nitrogens is 2. The van der Waals surface area contributed by atoms with Crippen molar-refractivity contribution in [2.24, 2.45) is 0 Å². The third kappa shape index (κ3) is 1.03. The number of hydrogen-bond acceptors (Lipinski definition) is 3. The number of nitrogens with one attached hydrogen (secondary N) is 1. The van der Waals surface area contributed by atoms with Crippen LogP contribution < -0.4 is 0 Å². The lowest BCUT2D eigenvalue weighted by atomic mass is 10.2. The lowest BCUT2D eigenvalue weighted by Crippen LogP contribution is -1.98. The number of aromatic amines is 1. The maximum Gasteiger partial charge on any atom is 0.245 e. The van der Waals surface area contributed by atoms with Crippen molar-refractivity contribution < 1.29 is 9.21 Å². The number of ketones is 1. The van der Waals surface area contributed by atoms with Gasteiger partial charge in [0.15, 0.2) is 5.76 Å². The minimum Gasteiger partial charge on any atom is -0.461 e. The lowest BCUT2D eigenvalue weighted by molar-refractivity contribution is 0.100.